The van der Waals surface area contributed by atoms with Crippen LogP contribution in [0.1, 0.15) is 137 Å². The number of carbonyl (C=O) groups excluding carboxylic acids is 2. The van der Waals surface area contributed by atoms with Gasteiger partial charge in [0, 0.05) is 6.42 Å². The standard InChI is InChI=1S/C28H54O4/c1-24(2)18-14-16-22-31-27(29)21-13-11-9-7-6-8-10-12-20-26(5)28(30)32-23-17-15-19-25(3)4/h24-26H,6-23H2,1-5H3. The summed E-state index contributed by atoms with van der Waals surface area (Å²) in [5.74, 6) is 1.42. The van der Waals surface area contributed by atoms with E-state index in [9.17, 15) is 9.59 Å². The molecule has 0 aliphatic carbocycles. The average Bonchev–Trinajstić information content (AvgIpc) is 2.73. The minimum absolute atomic E-state index is 0.0232. The molecular weight excluding hydrogens is 400 g/mol. The Morgan fingerprint density at radius 2 is 0.969 bits per heavy atom. The van der Waals surface area contributed by atoms with Gasteiger partial charge in [0.15, 0.2) is 0 Å². The fraction of sp³-hybridized carbons (Fsp3) is 0.929. The van der Waals surface area contributed by atoms with Crippen LogP contribution in [0.4, 0.5) is 0 Å². The summed E-state index contributed by atoms with van der Waals surface area (Å²) >= 11 is 0. The molecule has 4 nitrogen and oxygen atoms in total. The maximum absolute atomic E-state index is 12.0. The number of ether oxygens (including phenoxy) is 2. The largest absolute Gasteiger partial charge is 0.466 e. The second-order valence-electron chi connectivity index (χ2n) is 10.4. The van der Waals surface area contributed by atoms with Crippen LogP contribution in [0.25, 0.3) is 0 Å². The highest BCUT2D eigenvalue weighted by molar-refractivity contribution is 5.71. The van der Waals surface area contributed by atoms with Crippen molar-refractivity contribution >= 4 is 11.9 Å². The van der Waals surface area contributed by atoms with Crippen LogP contribution in [0.3, 0.4) is 0 Å². The minimum atomic E-state index is -0.0299. The van der Waals surface area contributed by atoms with Gasteiger partial charge in [0.1, 0.15) is 0 Å². The monoisotopic (exact) mass is 454 g/mol. The van der Waals surface area contributed by atoms with Gasteiger partial charge >= 0.3 is 11.9 Å². The van der Waals surface area contributed by atoms with Crippen molar-refractivity contribution < 1.29 is 19.1 Å². The lowest BCUT2D eigenvalue weighted by molar-refractivity contribution is -0.148. The summed E-state index contributed by atoms with van der Waals surface area (Å²) in [6.07, 6.45) is 17.4. The highest BCUT2D eigenvalue weighted by Crippen LogP contribution is 2.15. The third kappa shape index (κ3) is 22.1. The Hall–Kier alpha value is -1.06. The molecule has 0 saturated heterocycles. The molecule has 0 aliphatic heterocycles. The van der Waals surface area contributed by atoms with Crippen molar-refractivity contribution in [1.29, 1.82) is 0 Å². The van der Waals surface area contributed by atoms with Crippen molar-refractivity contribution in [3.05, 3.63) is 0 Å². The molecule has 32 heavy (non-hydrogen) atoms. The summed E-state index contributed by atoms with van der Waals surface area (Å²) in [4.78, 5) is 23.7. The molecular formula is C28H54O4. The second-order valence-corrected chi connectivity index (χ2v) is 10.4. The molecule has 1 unspecified atom stereocenters. The fourth-order valence-corrected chi connectivity index (χ4v) is 3.78. The average molecular weight is 455 g/mol. The van der Waals surface area contributed by atoms with E-state index in [4.69, 9.17) is 9.47 Å². The van der Waals surface area contributed by atoms with Crippen LogP contribution in [0, 0.1) is 17.8 Å². The van der Waals surface area contributed by atoms with Crippen LogP contribution in [0.2, 0.25) is 0 Å². The minimum Gasteiger partial charge on any atom is -0.466 e. The van der Waals surface area contributed by atoms with Gasteiger partial charge in [0.05, 0.1) is 19.1 Å². The highest BCUT2D eigenvalue weighted by atomic mass is 16.5. The van der Waals surface area contributed by atoms with Crippen LogP contribution in [0.5, 0.6) is 0 Å². The van der Waals surface area contributed by atoms with E-state index in [1.165, 1.54) is 44.9 Å². The molecule has 190 valence electrons. The summed E-state index contributed by atoms with van der Waals surface area (Å²) in [6.45, 7) is 12.1. The third-order valence-electron chi connectivity index (χ3n) is 6.03. The van der Waals surface area contributed by atoms with Crippen molar-refractivity contribution in [2.75, 3.05) is 13.2 Å². The first-order valence-corrected chi connectivity index (χ1v) is 13.6. The van der Waals surface area contributed by atoms with E-state index < -0.39 is 0 Å². The smallest absolute Gasteiger partial charge is 0.308 e. The maximum atomic E-state index is 12.0. The van der Waals surface area contributed by atoms with Gasteiger partial charge in [-0.2, -0.15) is 0 Å². The van der Waals surface area contributed by atoms with E-state index >= 15 is 0 Å². The van der Waals surface area contributed by atoms with Crippen molar-refractivity contribution in [2.45, 2.75) is 137 Å². The van der Waals surface area contributed by atoms with Crippen LogP contribution < -0.4 is 0 Å². The Morgan fingerprint density at radius 1 is 0.531 bits per heavy atom. The zero-order valence-electron chi connectivity index (χ0n) is 22.1. The molecule has 1 atom stereocenters. The summed E-state index contributed by atoms with van der Waals surface area (Å²) in [5.41, 5.74) is 0. The van der Waals surface area contributed by atoms with Crippen LogP contribution in [-0.4, -0.2) is 25.2 Å². The Bertz CT molecular complexity index is 445. The molecule has 4 heteroatoms. The molecule has 0 aliphatic rings. The van der Waals surface area contributed by atoms with Gasteiger partial charge in [-0.05, 0) is 50.4 Å². The summed E-state index contributed by atoms with van der Waals surface area (Å²) in [6, 6.07) is 0. The fourth-order valence-electron chi connectivity index (χ4n) is 3.78. The Kier molecular flexibility index (Phi) is 21.0. The van der Waals surface area contributed by atoms with Crippen LogP contribution >= 0.6 is 0 Å². The maximum Gasteiger partial charge on any atom is 0.308 e. The van der Waals surface area contributed by atoms with E-state index in [1.54, 1.807) is 0 Å². The highest BCUT2D eigenvalue weighted by Gasteiger charge is 2.13. The first kappa shape index (κ1) is 30.9. The number of unbranched alkanes of at least 4 members (excludes halogenated alkanes) is 9. The van der Waals surface area contributed by atoms with Crippen molar-refractivity contribution in [2.24, 2.45) is 17.8 Å². The molecule has 0 rings (SSSR count). The van der Waals surface area contributed by atoms with Gasteiger partial charge in [0.25, 0.3) is 0 Å². The van der Waals surface area contributed by atoms with E-state index in [0.717, 1.165) is 63.2 Å². The van der Waals surface area contributed by atoms with E-state index in [-0.39, 0.29) is 17.9 Å². The van der Waals surface area contributed by atoms with Crippen LogP contribution in [0.15, 0.2) is 0 Å². The Morgan fingerprint density at radius 3 is 1.50 bits per heavy atom. The second kappa shape index (κ2) is 21.8. The number of rotatable bonds is 22. The van der Waals surface area contributed by atoms with Crippen molar-refractivity contribution in [3.8, 4) is 0 Å². The molecule has 0 aromatic rings. The van der Waals surface area contributed by atoms with E-state index in [2.05, 4.69) is 27.7 Å². The quantitative estimate of drug-likeness (QED) is 0.122. The molecule has 0 amide bonds. The van der Waals surface area contributed by atoms with E-state index in [1.807, 2.05) is 6.92 Å². The third-order valence-corrected chi connectivity index (χ3v) is 6.03. The molecule has 0 fully saturated rings. The lowest BCUT2D eigenvalue weighted by atomic mass is 10.0. The van der Waals surface area contributed by atoms with Crippen molar-refractivity contribution in [1.82, 2.24) is 0 Å². The lowest BCUT2D eigenvalue weighted by Gasteiger charge is -2.11. The summed E-state index contributed by atoms with van der Waals surface area (Å²) in [7, 11) is 0. The molecule has 0 spiro atoms. The van der Waals surface area contributed by atoms with Gasteiger partial charge in [-0.15, -0.1) is 0 Å². The van der Waals surface area contributed by atoms with E-state index in [0.29, 0.717) is 19.6 Å². The summed E-state index contributed by atoms with van der Waals surface area (Å²) < 4.78 is 10.7. The molecule has 0 heterocycles. The number of esters is 2. The zero-order chi connectivity index (χ0) is 24.0. The van der Waals surface area contributed by atoms with Gasteiger partial charge < -0.3 is 9.47 Å². The Labute approximate surface area is 199 Å². The molecule has 0 bridgehead atoms. The zero-order valence-corrected chi connectivity index (χ0v) is 22.1. The van der Waals surface area contributed by atoms with Crippen LogP contribution in [-0.2, 0) is 19.1 Å². The normalized spacial score (nSPS) is 12.3. The summed E-state index contributed by atoms with van der Waals surface area (Å²) in [5, 5.41) is 0. The molecule has 0 radical (unpaired) electrons. The predicted octanol–water partition coefficient (Wildman–Crippen LogP) is 8.26. The first-order valence-electron chi connectivity index (χ1n) is 13.6. The van der Waals surface area contributed by atoms with Gasteiger partial charge in [-0.25, -0.2) is 0 Å². The molecule has 0 N–H and O–H groups in total. The topological polar surface area (TPSA) is 52.6 Å². The molecule has 0 aromatic carbocycles. The number of hydrogen-bond donors (Lipinski definition) is 0. The number of hydrogen-bond acceptors (Lipinski definition) is 4. The Balaban J connectivity index is 3.39. The predicted molar refractivity (Wildman–Crippen MR) is 135 cm³/mol. The molecule has 0 saturated carbocycles. The SMILES string of the molecule is CC(C)CCCCOC(=O)CCCCCCCCCCC(C)C(=O)OCCCCC(C)C. The van der Waals surface area contributed by atoms with Gasteiger partial charge in [-0.1, -0.05) is 92.4 Å². The number of carbonyl (C=O) groups is 2. The molecule has 0 aromatic heterocycles. The first-order chi connectivity index (χ1) is 15.3. The lowest BCUT2D eigenvalue weighted by Crippen LogP contribution is -2.15. The van der Waals surface area contributed by atoms with Crippen molar-refractivity contribution in [3.63, 3.8) is 0 Å². The van der Waals surface area contributed by atoms with Gasteiger partial charge in [0.2, 0.25) is 0 Å². The van der Waals surface area contributed by atoms with Gasteiger partial charge in [-0.3, -0.25) is 9.59 Å².